The summed E-state index contributed by atoms with van der Waals surface area (Å²) in [5.41, 5.74) is 2.28. The number of carbonyl (C=O) groups excluding carboxylic acids is 1. The standard InChI is InChI=1S/C13H19NO2/c1-9-6-10(2)8-12(7-9)16-11(3)13(15)14(4)5/h6-8,11H,1-5H3/t11-/m0/s1. The average Bonchev–Trinajstić information content (AvgIpc) is 2.14. The van der Waals surface area contributed by atoms with Crippen LogP contribution < -0.4 is 4.74 Å². The van der Waals surface area contributed by atoms with Crippen molar-refractivity contribution < 1.29 is 9.53 Å². The van der Waals surface area contributed by atoms with Gasteiger partial charge in [-0.15, -0.1) is 0 Å². The summed E-state index contributed by atoms with van der Waals surface area (Å²) in [6, 6.07) is 5.95. The molecule has 0 spiro atoms. The van der Waals surface area contributed by atoms with Crippen molar-refractivity contribution >= 4 is 5.91 Å². The normalized spacial score (nSPS) is 12.1. The largest absolute Gasteiger partial charge is 0.481 e. The average molecular weight is 221 g/mol. The van der Waals surface area contributed by atoms with Gasteiger partial charge in [0.2, 0.25) is 0 Å². The zero-order chi connectivity index (χ0) is 12.3. The minimum Gasteiger partial charge on any atom is -0.481 e. The Bertz CT molecular complexity index is 365. The molecule has 0 aliphatic rings. The van der Waals surface area contributed by atoms with Crippen molar-refractivity contribution in [3.63, 3.8) is 0 Å². The van der Waals surface area contributed by atoms with Gasteiger partial charge >= 0.3 is 0 Å². The number of carbonyl (C=O) groups is 1. The van der Waals surface area contributed by atoms with Crippen LogP contribution in [-0.2, 0) is 4.79 Å². The van der Waals surface area contributed by atoms with Gasteiger partial charge in [0.1, 0.15) is 5.75 Å². The van der Waals surface area contributed by atoms with E-state index in [1.807, 2.05) is 26.0 Å². The van der Waals surface area contributed by atoms with Gasteiger partial charge in [-0.25, -0.2) is 0 Å². The van der Waals surface area contributed by atoms with Crippen molar-refractivity contribution in [3.8, 4) is 5.75 Å². The van der Waals surface area contributed by atoms with E-state index in [9.17, 15) is 4.79 Å². The molecular weight excluding hydrogens is 202 g/mol. The number of hydrogen-bond donors (Lipinski definition) is 0. The molecule has 1 aromatic carbocycles. The molecule has 0 N–H and O–H groups in total. The summed E-state index contributed by atoms with van der Waals surface area (Å²) in [4.78, 5) is 13.2. The van der Waals surface area contributed by atoms with Crippen LogP contribution in [0.15, 0.2) is 18.2 Å². The zero-order valence-electron chi connectivity index (χ0n) is 10.6. The molecule has 1 aromatic rings. The first-order valence-electron chi connectivity index (χ1n) is 5.36. The Morgan fingerprint density at radius 1 is 1.19 bits per heavy atom. The predicted molar refractivity (Wildman–Crippen MR) is 64.7 cm³/mol. The van der Waals surface area contributed by atoms with Gasteiger partial charge in [-0.3, -0.25) is 4.79 Å². The molecule has 88 valence electrons. The van der Waals surface area contributed by atoms with Crippen LogP contribution in [0.2, 0.25) is 0 Å². The van der Waals surface area contributed by atoms with E-state index in [-0.39, 0.29) is 5.91 Å². The summed E-state index contributed by atoms with van der Waals surface area (Å²) in [5.74, 6) is 0.722. The van der Waals surface area contributed by atoms with Crippen molar-refractivity contribution in [2.24, 2.45) is 0 Å². The molecular formula is C13H19NO2. The number of aryl methyl sites for hydroxylation is 2. The van der Waals surface area contributed by atoms with Crippen LogP contribution in [0, 0.1) is 13.8 Å². The summed E-state index contributed by atoms with van der Waals surface area (Å²) >= 11 is 0. The predicted octanol–water partition coefficient (Wildman–Crippen LogP) is 2.16. The summed E-state index contributed by atoms with van der Waals surface area (Å²) in [6.45, 7) is 5.79. The number of benzene rings is 1. The summed E-state index contributed by atoms with van der Waals surface area (Å²) < 4.78 is 5.61. The number of nitrogens with zero attached hydrogens (tertiary/aromatic N) is 1. The first-order valence-corrected chi connectivity index (χ1v) is 5.36. The lowest BCUT2D eigenvalue weighted by molar-refractivity contribution is -0.135. The molecule has 0 radical (unpaired) electrons. The second kappa shape index (κ2) is 5.01. The van der Waals surface area contributed by atoms with E-state index in [1.165, 1.54) is 4.90 Å². The molecule has 1 atom stereocenters. The molecule has 0 saturated heterocycles. The molecule has 1 rings (SSSR count). The monoisotopic (exact) mass is 221 g/mol. The Balaban J connectivity index is 2.76. The van der Waals surface area contributed by atoms with Gasteiger partial charge in [-0.2, -0.15) is 0 Å². The molecule has 0 aromatic heterocycles. The van der Waals surface area contributed by atoms with Gasteiger partial charge in [-0.1, -0.05) is 6.07 Å². The Morgan fingerprint density at radius 3 is 2.12 bits per heavy atom. The van der Waals surface area contributed by atoms with Crippen LogP contribution in [0.1, 0.15) is 18.1 Å². The fourth-order valence-electron chi connectivity index (χ4n) is 1.62. The highest BCUT2D eigenvalue weighted by Crippen LogP contribution is 2.17. The zero-order valence-corrected chi connectivity index (χ0v) is 10.6. The van der Waals surface area contributed by atoms with E-state index in [2.05, 4.69) is 6.07 Å². The van der Waals surface area contributed by atoms with E-state index < -0.39 is 6.10 Å². The van der Waals surface area contributed by atoms with Gasteiger partial charge < -0.3 is 9.64 Å². The molecule has 0 aliphatic carbocycles. The second-order valence-corrected chi connectivity index (χ2v) is 4.32. The Labute approximate surface area is 97.0 Å². The molecule has 0 saturated carbocycles. The maximum atomic E-state index is 11.6. The summed E-state index contributed by atoms with van der Waals surface area (Å²) in [7, 11) is 3.45. The lowest BCUT2D eigenvalue weighted by Crippen LogP contribution is -2.35. The third-order valence-electron chi connectivity index (χ3n) is 2.30. The van der Waals surface area contributed by atoms with Gasteiger partial charge in [0, 0.05) is 14.1 Å². The highest BCUT2D eigenvalue weighted by atomic mass is 16.5. The molecule has 0 unspecified atom stereocenters. The van der Waals surface area contributed by atoms with Crippen LogP contribution in [0.25, 0.3) is 0 Å². The third-order valence-corrected chi connectivity index (χ3v) is 2.30. The van der Waals surface area contributed by atoms with Crippen molar-refractivity contribution in [1.29, 1.82) is 0 Å². The first-order chi connectivity index (χ1) is 7.40. The molecule has 3 nitrogen and oxygen atoms in total. The fourth-order valence-corrected chi connectivity index (χ4v) is 1.62. The molecule has 0 fully saturated rings. The Morgan fingerprint density at radius 2 is 1.69 bits per heavy atom. The lowest BCUT2D eigenvalue weighted by atomic mass is 10.1. The Kier molecular flexibility index (Phi) is 3.93. The van der Waals surface area contributed by atoms with Crippen molar-refractivity contribution in [2.75, 3.05) is 14.1 Å². The number of hydrogen-bond acceptors (Lipinski definition) is 2. The Hall–Kier alpha value is -1.51. The molecule has 0 bridgehead atoms. The van der Waals surface area contributed by atoms with Crippen molar-refractivity contribution in [1.82, 2.24) is 4.90 Å². The van der Waals surface area contributed by atoms with E-state index >= 15 is 0 Å². The summed E-state index contributed by atoms with van der Waals surface area (Å²) in [5, 5.41) is 0. The van der Waals surface area contributed by atoms with Crippen LogP contribution >= 0.6 is 0 Å². The van der Waals surface area contributed by atoms with E-state index in [4.69, 9.17) is 4.74 Å². The SMILES string of the molecule is Cc1cc(C)cc(O[C@@H](C)C(=O)N(C)C)c1. The highest BCUT2D eigenvalue weighted by Gasteiger charge is 2.16. The van der Waals surface area contributed by atoms with Gasteiger partial charge in [0.05, 0.1) is 0 Å². The van der Waals surface area contributed by atoms with Crippen LogP contribution in [-0.4, -0.2) is 31.0 Å². The maximum Gasteiger partial charge on any atom is 0.262 e. The minimum absolute atomic E-state index is 0.0286. The first kappa shape index (κ1) is 12.6. The van der Waals surface area contributed by atoms with Crippen LogP contribution in [0.5, 0.6) is 5.75 Å². The molecule has 16 heavy (non-hydrogen) atoms. The van der Waals surface area contributed by atoms with Gasteiger partial charge in [0.25, 0.3) is 5.91 Å². The van der Waals surface area contributed by atoms with Crippen LogP contribution in [0.4, 0.5) is 0 Å². The summed E-state index contributed by atoms with van der Waals surface area (Å²) in [6.07, 6.45) is -0.448. The molecule has 1 amide bonds. The van der Waals surface area contributed by atoms with Crippen molar-refractivity contribution in [3.05, 3.63) is 29.3 Å². The molecule has 0 aliphatic heterocycles. The number of rotatable bonds is 3. The fraction of sp³-hybridized carbons (Fsp3) is 0.462. The second-order valence-electron chi connectivity index (χ2n) is 4.32. The highest BCUT2D eigenvalue weighted by molar-refractivity contribution is 5.80. The minimum atomic E-state index is -0.448. The number of ether oxygens (including phenoxy) is 1. The van der Waals surface area contributed by atoms with E-state index in [0.717, 1.165) is 16.9 Å². The van der Waals surface area contributed by atoms with Gasteiger partial charge in [-0.05, 0) is 44.0 Å². The third kappa shape index (κ3) is 3.26. The molecule has 3 heteroatoms. The lowest BCUT2D eigenvalue weighted by Gasteiger charge is -2.18. The van der Waals surface area contributed by atoms with Crippen LogP contribution in [0.3, 0.4) is 0 Å². The van der Waals surface area contributed by atoms with Crippen molar-refractivity contribution in [2.45, 2.75) is 26.9 Å². The molecule has 0 heterocycles. The van der Waals surface area contributed by atoms with Gasteiger partial charge in [0.15, 0.2) is 6.10 Å². The maximum absolute atomic E-state index is 11.6. The quantitative estimate of drug-likeness (QED) is 0.782. The van der Waals surface area contributed by atoms with E-state index in [0.29, 0.717) is 0 Å². The number of likely N-dealkylation sites (N-methyl/N-ethyl adjacent to an activating group) is 1. The topological polar surface area (TPSA) is 29.5 Å². The number of amides is 1. The van der Waals surface area contributed by atoms with E-state index in [1.54, 1.807) is 21.0 Å². The smallest absolute Gasteiger partial charge is 0.262 e.